The summed E-state index contributed by atoms with van der Waals surface area (Å²) in [6, 6.07) is 24.8. The Morgan fingerprint density at radius 2 is 1.73 bits per heavy atom. The molecule has 1 aromatic heterocycles. The van der Waals surface area contributed by atoms with Gasteiger partial charge in [0, 0.05) is 44.3 Å². The third-order valence-electron chi connectivity index (χ3n) is 7.42. The van der Waals surface area contributed by atoms with E-state index in [1.165, 1.54) is 0 Å². The molecule has 3 aromatic rings. The molecule has 37 heavy (non-hydrogen) atoms. The Morgan fingerprint density at radius 1 is 1.00 bits per heavy atom. The lowest BCUT2D eigenvalue weighted by molar-refractivity contribution is -0.132. The molecule has 0 radical (unpaired) electrons. The molecule has 2 aliphatic rings. The Morgan fingerprint density at radius 3 is 2.41 bits per heavy atom. The van der Waals surface area contributed by atoms with E-state index in [2.05, 4.69) is 76.7 Å². The van der Waals surface area contributed by atoms with Crippen LogP contribution in [0.5, 0.6) is 0 Å². The number of aromatic nitrogens is 1. The summed E-state index contributed by atoms with van der Waals surface area (Å²) in [6.45, 7) is 7.04. The number of nitrogens with zero attached hydrogens (tertiary/aromatic N) is 3. The number of ether oxygens (including phenoxy) is 1. The third-order valence-corrected chi connectivity index (χ3v) is 8.68. The molecule has 2 aliphatic heterocycles. The summed E-state index contributed by atoms with van der Waals surface area (Å²) in [6.07, 6.45) is 4.64. The number of carbonyl (C=O) groups is 1. The van der Waals surface area contributed by atoms with E-state index in [-0.39, 0.29) is 17.3 Å². The van der Waals surface area contributed by atoms with Crippen molar-refractivity contribution >= 4 is 17.7 Å². The molecule has 2 fully saturated rings. The van der Waals surface area contributed by atoms with Crippen molar-refractivity contribution in [2.75, 3.05) is 45.1 Å². The molecule has 2 unspecified atom stereocenters. The van der Waals surface area contributed by atoms with E-state index >= 15 is 0 Å². The van der Waals surface area contributed by atoms with Gasteiger partial charge in [0.15, 0.2) is 0 Å². The monoisotopic (exact) mass is 516 g/mol. The van der Waals surface area contributed by atoms with E-state index in [0.29, 0.717) is 6.61 Å². The molecule has 2 atom stereocenters. The van der Waals surface area contributed by atoms with Crippen molar-refractivity contribution in [1.82, 2.24) is 20.1 Å². The van der Waals surface area contributed by atoms with E-state index < -0.39 is 5.60 Å². The first-order valence-corrected chi connectivity index (χ1v) is 14.2. The van der Waals surface area contributed by atoms with Gasteiger partial charge in [0.05, 0.1) is 18.0 Å². The van der Waals surface area contributed by atoms with Crippen molar-refractivity contribution in [3.05, 3.63) is 102 Å². The molecule has 2 aromatic carbocycles. The molecule has 7 heteroatoms. The molecular weight excluding hydrogens is 480 g/mol. The van der Waals surface area contributed by atoms with Crippen LogP contribution in [-0.2, 0) is 15.1 Å². The van der Waals surface area contributed by atoms with E-state index in [1.54, 1.807) is 18.0 Å². The highest BCUT2D eigenvalue weighted by Crippen LogP contribution is 2.34. The van der Waals surface area contributed by atoms with E-state index in [4.69, 9.17) is 4.74 Å². The average molecular weight is 517 g/mol. The molecule has 1 amide bonds. The maximum absolute atomic E-state index is 13.3. The van der Waals surface area contributed by atoms with Crippen molar-refractivity contribution in [2.45, 2.75) is 30.4 Å². The van der Waals surface area contributed by atoms with Crippen molar-refractivity contribution < 1.29 is 9.53 Å². The number of thioether (sulfide) groups is 1. The average Bonchev–Trinajstić information content (AvgIpc) is 3.34. The van der Waals surface area contributed by atoms with Gasteiger partial charge in [-0.15, -0.1) is 11.8 Å². The Bertz CT molecular complexity index is 1090. The number of pyridine rings is 1. The fourth-order valence-electron chi connectivity index (χ4n) is 5.20. The van der Waals surface area contributed by atoms with Crippen LogP contribution in [0.4, 0.5) is 0 Å². The Balaban J connectivity index is 1.14. The molecule has 1 N–H and O–H groups in total. The van der Waals surface area contributed by atoms with Gasteiger partial charge in [0.2, 0.25) is 5.91 Å². The summed E-state index contributed by atoms with van der Waals surface area (Å²) in [5.74, 6) is 1.02. The van der Waals surface area contributed by atoms with Crippen LogP contribution in [0.2, 0.25) is 0 Å². The molecule has 0 aliphatic carbocycles. The number of hydrogen-bond donors (Lipinski definition) is 1. The van der Waals surface area contributed by atoms with Gasteiger partial charge in [-0.2, -0.15) is 0 Å². The second kappa shape index (κ2) is 12.2. The summed E-state index contributed by atoms with van der Waals surface area (Å²) < 4.78 is 6.61. The van der Waals surface area contributed by atoms with Crippen LogP contribution in [0.15, 0.2) is 85.2 Å². The Hall–Kier alpha value is -2.71. The van der Waals surface area contributed by atoms with Crippen LogP contribution >= 0.6 is 11.8 Å². The Labute approximate surface area is 224 Å². The fourth-order valence-corrected chi connectivity index (χ4v) is 6.41. The van der Waals surface area contributed by atoms with Gasteiger partial charge in [-0.1, -0.05) is 66.7 Å². The quantitative estimate of drug-likeness (QED) is 0.482. The van der Waals surface area contributed by atoms with Gasteiger partial charge in [0.25, 0.3) is 0 Å². The van der Waals surface area contributed by atoms with Crippen LogP contribution in [0.1, 0.15) is 35.4 Å². The van der Waals surface area contributed by atoms with Crippen LogP contribution in [0.3, 0.4) is 0 Å². The van der Waals surface area contributed by atoms with Gasteiger partial charge >= 0.3 is 0 Å². The molecule has 0 bridgehead atoms. The molecule has 0 spiro atoms. The lowest BCUT2D eigenvalue weighted by Gasteiger charge is -2.32. The lowest BCUT2D eigenvalue weighted by Crippen LogP contribution is -2.46. The Kier molecular flexibility index (Phi) is 8.56. The zero-order valence-corrected chi connectivity index (χ0v) is 22.3. The first-order chi connectivity index (χ1) is 18.1. The van der Waals surface area contributed by atoms with Crippen molar-refractivity contribution in [2.24, 2.45) is 0 Å². The van der Waals surface area contributed by atoms with Gasteiger partial charge in [-0.25, -0.2) is 0 Å². The maximum Gasteiger partial charge on any atom is 0.240 e. The summed E-state index contributed by atoms with van der Waals surface area (Å²) in [4.78, 5) is 22.0. The minimum atomic E-state index is -0.507. The standard InChI is InChI=1S/C30H36N4O2S/c1-30(25-11-4-2-5-12-25,26-13-6-3-7-14-26)36-21-20-33-16-9-17-34(19-18-33)29(35)27-23-37-28(32-27)24-10-8-15-31-22-24/h2-8,10-15,22,27-28,32H,9,16-21,23H2,1H3. The van der Waals surface area contributed by atoms with Crippen molar-refractivity contribution in [1.29, 1.82) is 0 Å². The smallest absolute Gasteiger partial charge is 0.240 e. The zero-order valence-electron chi connectivity index (χ0n) is 21.5. The number of amides is 1. The SMILES string of the molecule is CC(OCCN1CCCN(C(=O)C2CSC(c3cccnc3)N2)CC1)(c1ccccc1)c1ccccc1. The van der Waals surface area contributed by atoms with Crippen molar-refractivity contribution in [3.8, 4) is 0 Å². The highest BCUT2D eigenvalue weighted by Gasteiger charge is 2.34. The van der Waals surface area contributed by atoms with Gasteiger partial charge < -0.3 is 9.64 Å². The van der Waals surface area contributed by atoms with Gasteiger partial charge in [-0.3, -0.25) is 20.0 Å². The molecule has 0 saturated carbocycles. The molecule has 3 heterocycles. The summed E-state index contributed by atoms with van der Waals surface area (Å²) >= 11 is 1.79. The maximum atomic E-state index is 13.3. The molecule has 6 nitrogen and oxygen atoms in total. The minimum Gasteiger partial charge on any atom is -0.365 e. The lowest BCUT2D eigenvalue weighted by atomic mass is 9.88. The molecule has 2 saturated heterocycles. The van der Waals surface area contributed by atoms with E-state index in [9.17, 15) is 4.79 Å². The highest BCUT2D eigenvalue weighted by atomic mass is 32.2. The fraction of sp³-hybridized carbons (Fsp3) is 0.400. The first kappa shape index (κ1) is 25.9. The van der Waals surface area contributed by atoms with E-state index in [0.717, 1.165) is 61.6 Å². The topological polar surface area (TPSA) is 57.7 Å². The van der Waals surface area contributed by atoms with Crippen LogP contribution in [0, 0.1) is 0 Å². The largest absolute Gasteiger partial charge is 0.365 e. The third kappa shape index (κ3) is 6.24. The number of nitrogens with one attached hydrogen (secondary N) is 1. The summed E-state index contributed by atoms with van der Waals surface area (Å²) in [7, 11) is 0. The normalized spacial score (nSPS) is 21.1. The minimum absolute atomic E-state index is 0.131. The van der Waals surface area contributed by atoms with Crippen molar-refractivity contribution in [3.63, 3.8) is 0 Å². The van der Waals surface area contributed by atoms with E-state index in [1.807, 2.05) is 29.3 Å². The van der Waals surface area contributed by atoms with Gasteiger partial charge in [0.1, 0.15) is 5.60 Å². The van der Waals surface area contributed by atoms with Crippen LogP contribution in [0.25, 0.3) is 0 Å². The zero-order chi connectivity index (χ0) is 25.5. The second-order valence-electron chi connectivity index (χ2n) is 9.85. The molecule has 5 rings (SSSR count). The predicted octanol–water partition coefficient (Wildman–Crippen LogP) is 4.30. The summed E-state index contributed by atoms with van der Waals surface area (Å²) in [5, 5.41) is 3.65. The van der Waals surface area contributed by atoms with Crippen LogP contribution in [-0.4, -0.2) is 71.8 Å². The number of rotatable bonds is 8. The van der Waals surface area contributed by atoms with Crippen LogP contribution < -0.4 is 5.32 Å². The molecular formula is C30H36N4O2S. The number of hydrogen-bond acceptors (Lipinski definition) is 6. The highest BCUT2D eigenvalue weighted by molar-refractivity contribution is 7.99. The second-order valence-corrected chi connectivity index (χ2v) is 11.0. The first-order valence-electron chi connectivity index (χ1n) is 13.2. The summed E-state index contributed by atoms with van der Waals surface area (Å²) in [5.41, 5.74) is 2.93. The number of benzene rings is 2. The number of carbonyl (C=O) groups excluding carboxylic acids is 1. The molecule has 194 valence electrons. The van der Waals surface area contributed by atoms with Gasteiger partial charge in [-0.05, 0) is 42.6 Å². The predicted molar refractivity (Wildman–Crippen MR) is 149 cm³/mol.